The summed E-state index contributed by atoms with van der Waals surface area (Å²) in [7, 11) is 0. The Hall–Kier alpha value is -0.900. The van der Waals surface area contributed by atoms with Gasteiger partial charge in [0.2, 0.25) is 0 Å². The largest absolute Gasteiger partial charge is 0.399 e. The topological polar surface area (TPSA) is 43.1 Å². The van der Waals surface area contributed by atoms with Gasteiger partial charge in [-0.2, -0.15) is 0 Å². The van der Waals surface area contributed by atoms with Crippen molar-refractivity contribution < 1.29 is 9.18 Å². The number of carbonyl (C=O) groups is 1. The maximum absolute atomic E-state index is 13.2. The first-order valence-electron chi connectivity index (χ1n) is 3.71. The molecular formula is C9H9BrFNO. The molecule has 0 fully saturated rings. The lowest BCUT2D eigenvalue weighted by atomic mass is 10.0. The predicted octanol–water partition coefficient (Wildman–Crippen LogP) is 2.29. The van der Waals surface area contributed by atoms with Crippen LogP contribution in [0.25, 0.3) is 0 Å². The van der Waals surface area contributed by atoms with Gasteiger partial charge in [0.15, 0.2) is 5.78 Å². The number of hydrogen-bond acceptors (Lipinski definition) is 2. The zero-order valence-corrected chi connectivity index (χ0v) is 8.69. The number of ketones is 1. The third-order valence-corrected chi connectivity index (χ3v) is 2.22. The van der Waals surface area contributed by atoms with E-state index in [1.54, 1.807) is 13.0 Å². The molecule has 0 amide bonds. The van der Waals surface area contributed by atoms with E-state index in [0.29, 0.717) is 11.3 Å². The molecule has 0 aliphatic carbocycles. The molecule has 4 heteroatoms. The van der Waals surface area contributed by atoms with E-state index in [2.05, 4.69) is 15.9 Å². The molecule has 0 heterocycles. The zero-order chi connectivity index (χ0) is 10.0. The van der Waals surface area contributed by atoms with Crippen LogP contribution in [-0.2, 0) is 0 Å². The number of hydrogen-bond donors (Lipinski definition) is 1. The van der Waals surface area contributed by atoms with Gasteiger partial charge >= 0.3 is 0 Å². The van der Waals surface area contributed by atoms with Gasteiger partial charge in [-0.1, -0.05) is 15.9 Å². The number of rotatable bonds is 2. The van der Waals surface area contributed by atoms with E-state index < -0.39 is 5.82 Å². The van der Waals surface area contributed by atoms with Crippen molar-refractivity contribution in [2.24, 2.45) is 0 Å². The first kappa shape index (κ1) is 10.2. The van der Waals surface area contributed by atoms with Crippen LogP contribution in [0.15, 0.2) is 12.1 Å². The van der Waals surface area contributed by atoms with Gasteiger partial charge in [0.05, 0.1) is 10.9 Å². The standard InChI is InChI=1S/C9H9BrFNO/c1-5-2-6(12)3-7(11)9(5)8(13)4-10/h2-3H,4,12H2,1H3. The van der Waals surface area contributed by atoms with Crippen LogP contribution >= 0.6 is 15.9 Å². The van der Waals surface area contributed by atoms with Crippen molar-refractivity contribution in [2.45, 2.75) is 6.92 Å². The summed E-state index contributed by atoms with van der Waals surface area (Å²) in [4.78, 5) is 11.2. The average molecular weight is 246 g/mol. The van der Waals surface area contributed by atoms with Crippen molar-refractivity contribution in [2.75, 3.05) is 11.1 Å². The molecule has 1 aromatic carbocycles. The van der Waals surface area contributed by atoms with Gasteiger partial charge < -0.3 is 5.73 Å². The second-order valence-corrected chi connectivity index (χ2v) is 3.31. The van der Waals surface area contributed by atoms with Gasteiger partial charge in [0.25, 0.3) is 0 Å². The maximum Gasteiger partial charge on any atom is 0.176 e. The Morgan fingerprint density at radius 2 is 2.23 bits per heavy atom. The monoisotopic (exact) mass is 245 g/mol. The Morgan fingerprint density at radius 1 is 1.62 bits per heavy atom. The Kier molecular flexibility index (Phi) is 3.03. The molecule has 0 spiro atoms. The Labute approximate surface area is 84.1 Å². The van der Waals surface area contributed by atoms with Crippen LogP contribution in [0.2, 0.25) is 0 Å². The first-order valence-corrected chi connectivity index (χ1v) is 4.83. The van der Waals surface area contributed by atoms with Crippen molar-refractivity contribution in [3.05, 3.63) is 29.1 Å². The molecule has 0 bridgehead atoms. The van der Waals surface area contributed by atoms with Crippen molar-refractivity contribution in [3.8, 4) is 0 Å². The number of nitrogens with two attached hydrogens (primary N) is 1. The van der Waals surface area contributed by atoms with Crippen molar-refractivity contribution in [1.29, 1.82) is 0 Å². The third-order valence-electron chi connectivity index (χ3n) is 1.71. The van der Waals surface area contributed by atoms with Gasteiger partial charge in [0, 0.05) is 5.69 Å². The number of halogens is 2. The van der Waals surface area contributed by atoms with Crippen LogP contribution in [0.4, 0.5) is 10.1 Å². The van der Waals surface area contributed by atoms with Crippen molar-refractivity contribution in [1.82, 2.24) is 0 Å². The molecule has 0 unspecified atom stereocenters. The fourth-order valence-corrected chi connectivity index (χ4v) is 1.47. The summed E-state index contributed by atoms with van der Waals surface area (Å²) in [6, 6.07) is 2.74. The van der Waals surface area contributed by atoms with Gasteiger partial charge in [0.1, 0.15) is 5.82 Å². The molecule has 0 radical (unpaired) electrons. The van der Waals surface area contributed by atoms with Crippen LogP contribution in [0, 0.1) is 12.7 Å². The molecular weight excluding hydrogens is 237 g/mol. The molecule has 1 aromatic rings. The van der Waals surface area contributed by atoms with Crippen LogP contribution in [0.3, 0.4) is 0 Å². The summed E-state index contributed by atoms with van der Waals surface area (Å²) in [5.41, 5.74) is 6.43. The normalized spacial score (nSPS) is 10.1. The van der Waals surface area contributed by atoms with Crippen molar-refractivity contribution >= 4 is 27.4 Å². The summed E-state index contributed by atoms with van der Waals surface area (Å²) in [5, 5.41) is 0.120. The van der Waals surface area contributed by atoms with Crippen LogP contribution in [0.1, 0.15) is 15.9 Å². The number of benzene rings is 1. The highest BCUT2D eigenvalue weighted by Gasteiger charge is 2.13. The summed E-state index contributed by atoms with van der Waals surface area (Å²) >= 11 is 2.99. The number of aryl methyl sites for hydroxylation is 1. The number of Topliss-reactive ketones (excluding diaryl/α,β-unsaturated/α-hetero) is 1. The van der Waals surface area contributed by atoms with Crippen LogP contribution in [0.5, 0.6) is 0 Å². The number of alkyl halides is 1. The minimum atomic E-state index is -0.554. The minimum absolute atomic E-state index is 0.117. The van der Waals surface area contributed by atoms with E-state index in [1.807, 2.05) is 0 Å². The van der Waals surface area contributed by atoms with Crippen LogP contribution < -0.4 is 5.73 Å². The van der Waals surface area contributed by atoms with Gasteiger partial charge in [-0.3, -0.25) is 4.79 Å². The summed E-state index contributed by atoms with van der Waals surface area (Å²) in [6.07, 6.45) is 0. The molecule has 0 aliphatic heterocycles. The third kappa shape index (κ3) is 2.06. The van der Waals surface area contributed by atoms with Gasteiger partial charge in [-0.05, 0) is 24.6 Å². The number of nitrogen functional groups attached to an aromatic ring is 1. The highest BCUT2D eigenvalue weighted by atomic mass is 79.9. The number of anilines is 1. The molecule has 0 aromatic heterocycles. The smallest absolute Gasteiger partial charge is 0.176 e. The molecule has 0 saturated carbocycles. The van der Waals surface area contributed by atoms with E-state index in [4.69, 9.17) is 5.73 Å². The lowest BCUT2D eigenvalue weighted by molar-refractivity contribution is 0.101. The quantitative estimate of drug-likeness (QED) is 0.494. The second kappa shape index (κ2) is 3.87. The number of carbonyl (C=O) groups excluding carboxylic acids is 1. The lowest BCUT2D eigenvalue weighted by Crippen LogP contribution is -2.07. The summed E-state index contributed by atoms with van der Waals surface area (Å²) in [5.74, 6) is -0.822. The van der Waals surface area contributed by atoms with E-state index in [-0.39, 0.29) is 16.7 Å². The zero-order valence-electron chi connectivity index (χ0n) is 7.10. The Bertz CT molecular complexity index is 328. The molecule has 2 nitrogen and oxygen atoms in total. The second-order valence-electron chi connectivity index (χ2n) is 2.75. The van der Waals surface area contributed by atoms with Gasteiger partial charge in [-0.25, -0.2) is 4.39 Å². The average Bonchev–Trinajstić information content (AvgIpc) is 2.02. The molecule has 0 atom stereocenters. The van der Waals surface area contributed by atoms with E-state index in [1.165, 1.54) is 0 Å². The lowest BCUT2D eigenvalue weighted by Gasteiger charge is -2.05. The summed E-state index contributed by atoms with van der Waals surface area (Å²) in [6.45, 7) is 1.66. The minimum Gasteiger partial charge on any atom is -0.399 e. The Balaban J connectivity index is 3.28. The molecule has 0 saturated heterocycles. The van der Waals surface area contributed by atoms with Crippen molar-refractivity contribution in [3.63, 3.8) is 0 Å². The SMILES string of the molecule is Cc1cc(N)cc(F)c1C(=O)CBr. The van der Waals surface area contributed by atoms with E-state index in [9.17, 15) is 9.18 Å². The fraction of sp³-hybridized carbons (Fsp3) is 0.222. The molecule has 70 valence electrons. The maximum atomic E-state index is 13.2. The van der Waals surface area contributed by atoms with E-state index >= 15 is 0 Å². The van der Waals surface area contributed by atoms with Crippen LogP contribution in [-0.4, -0.2) is 11.1 Å². The molecule has 1 rings (SSSR count). The highest BCUT2D eigenvalue weighted by Crippen LogP contribution is 2.18. The Morgan fingerprint density at radius 3 is 2.69 bits per heavy atom. The highest BCUT2D eigenvalue weighted by molar-refractivity contribution is 9.09. The fourth-order valence-electron chi connectivity index (χ4n) is 1.19. The van der Waals surface area contributed by atoms with Gasteiger partial charge in [-0.15, -0.1) is 0 Å². The molecule has 13 heavy (non-hydrogen) atoms. The first-order chi connectivity index (χ1) is 6.06. The molecule has 2 N–H and O–H groups in total. The summed E-state index contributed by atoms with van der Waals surface area (Å²) < 4.78 is 13.2. The predicted molar refractivity (Wildman–Crippen MR) is 53.7 cm³/mol. The molecule has 0 aliphatic rings. The van der Waals surface area contributed by atoms with E-state index in [0.717, 1.165) is 6.07 Å².